The van der Waals surface area contributed by atoms with E-state index in [9.17, 15) is 0 Å². The van der Waals surface area contributed by atoms with Crippen molar-refractivity contribution in [1.82, 2.24) is 19.9 Å². The lowest BCUT2D eigenvalue weighted by atomic mass is 9.90. The number of anilines is 1. The molecule has 0 spiro atoms. The molecule has 1 fully saturated rings. The van der Waals surface area contributed by atoms with Crippen LogP contribution in [-0.4, -0.2) is 33.0 Å². The minimum Gasteiger partial charge on any atom is -0.355 e. The summed E-state index contributed by atoms with van der Waals surface area (Å²) >= 11 is 6.03. The summed E-state index contributed by atoms with van der Waals surface area (Å²) in [6, 6.07) is 10.7. The maximum absolute atomic E-state index is 6.03. The summed E-state index contributed by atoms with van der Waals surface area (Å²) in [5.41, 5.74) is 2.93. The quantitative estimate of drug-likeness (QED) is 0.717. The maximum Gasteiger partial charge on any atom is 0.226 e. The largest absolute Gasteiger partial charge is 0.355 e. The summed E-state index contributed by atoms with van der Waals surface area (Å²) in [6.45, 7) is 1.97. The SMILES string of the molecule is Cl.Clc1nc(N2CCC(Cc3ccccc3)CC2)c2[nH]cnc2n1. The number of rotatable bonds is 3. The number of nitrogens with zero attached hydrogens (tertiary/aromatic N) is 4. The van der Waals surface area contributed by atoms with E-state index in [2.05, 4.69) is 55.2 Å². The Hall–Kier alpha value is -1.85. The highest BCUT2D eigenvalue weighted by atomic mass is 35.5. The zero-order valence-electron chi connectivity index (χ0n) is 13.2. The second-order valence-corrected chi connectivity index (χ2v) is 6.38. The number of aromatic amines is 1. The van der Waals surface area contributed by atoms with Crippen LogP contribution >= 0.6 is 24.0 Å². The molecule has 0 radical (unpaired) electrons. The van der Waals surface area contributed by atoms with Crippen LogP contribution in [0.2, 0.25) is 5.28 Å². The van der Waals surface area contributed by atoms with Gasteiger partial charge in [0.2, 0.25) is 5.28 Å². The van der Waals surface area contributed by atoms with Crippen molar-refractivity contribution < 1.29 is 0 Å². The van der Waals surface area contributed by atoms with Crippen LogP contribution in [0.4, 0.5) is 5.82 Å². The monoisotopic (exact) mass is 363 g/mol. The van der Waals surface area contributed by atoms with Gasteiger partial charge in [-0.15, -0.1) is 12.4 Å². The Balaban J connectivity index is 0.00000169. The standard InChI is InChI=1S/C17H18ClN5.ClH/c18-17-21-15-14(19-11-20-15)16(22-17)23-8-6-13(7-9-23)10-12-4-2-1-3-5-12;/h1-5,11,13H,6-10H2,(H,19,20,21,22);1H. The Morgan fingerprint density at radius 1 is 1.12 bits per heavy atom. The van der Waals surface area contributed by atoms with Gasteiger partial charge in [0.1, 0.15) is 5.52 Å². The molecule has 24 heavy (non-hydrogen) atoms. The second-order valence-electron chi connectivity index (χ2n) is 6.04. The van der Waals surface area contributed by atoms with Crippen molar-refractivity contribution in [1.29, 1.82) is 0 Å². The molecule has 0 unspecified atom stereocenters. The maximum atomic E-state index is 6.03. The van der Waals surface area contributed by atoms with E-state index < -0.39 is 0 Å². The van der Waals surface area contributed by atoms with Gasteiger partial charge in [0.25, 0.3) is 0 Å². The Kier molecular flexibility index (Phi) is 5.21. The topological polar surface area (TPSA) is 57.7 Å². The van der Waals surface area contributed by atoms with Crippen molar-refractivity contribution >= 4 is 41.0 Å². The second kappa shape index (κ2) is 7.36. The normalized spacial score (nSPS) is 15.5. The number of piperidine rings is 1. The molecule has 0 amide bonds. The first-order valence-corrected chi connectivity index (χ1v) is 8.33. The average molecular weight is 364 g/mol. The van der Waals surface area contributed by atoms with Gasteiger partial charge in [0, 0.05) is 13.1 Å². The molecular formula is C17H19Cl2N5. The van der Waals surface area contributed by atoms with Gasteiger partial charge in [-0.1, -0.05) is 30.3 Å². The van der Waals surface area contributed by atoms with Crippen LogP contribution in [0.1, 0.15) is 18.4 Å². The number of imidazole rings is 1. The fourth-order valence-corrected chi connectivity index (χ4v) is 3.48. The van der Waals surface area contributed by atoms with Gasteiger partial charge in [-0.05, 0) is 42.3 Å². The highest BCUT2D eigenvalue weighted by Crippen LogP contribution is 2.28. The first-order chi connectivity index (χ1) is 11.3. The molecule has 0 saturated carbocycles. The van der Waals surface area contributed by atoms with Gasteiger partial charge in [-0.3, -0.25) is 0 Å². The Morgan fingerprint density at radius 3 is 2.62 bits per heavy atom. The summed E-state index contributed by atoms with van der Waals surface area (Å²) in [7, 11) is 0. The fraction of sp³-hybridized carbons (Fsp3) is 0.353. The molecule has 3 aromatic rings. The zero-order valence-corrected chi connectivity index (χ0v) is 14.7. The van der Waals surface area contributed by atoms with Crippen LogP contribution in [0.25, 0.3) is 11.2 Å². The summed E-state index contributed by atoms with van der Waals surface area (Å²) in [5.74, 6) is 1.60. The van der Waals surface area contributed by atoms with E-state index in [1.807, 2.05) is 0 Å². The van der Waals surface area contributed by atoms with Crippen molar-refractivity contribution in [2.45, 2.75) is 19.3 Å². The van der Waals surface area contributed by atoms with Gasteiger partial charge < -0.3 is 9.88 Å². The van der Waals surface area contributed by atoms with E-state index in [0.29, 0.717) is 5.65 Å². The number of aromatic nitrogens is 4. The van der Waals surface area contributed by atoms with Crippen molar-refractivity contribution in [2.24, 2.45) is 5.92 Å². The third-order valence-corrected chi connectivity index (χ3v) is 4.69. The molecule has 1 aromatic carbocycles. The summed E-state index contributed by atoms with van der Waals surface area (Å²) < 4.78 is 0. The molecule has 1 saturated heterocycles. The number of hydrogen-bond acceptors (Lipinski definition) is 4. The van der Waals surface area contributed by atoms with Gasteiger partial charge >= 0.3 is 0 Å². The lowest BCUT2D eigenvalue weighted by molar-refractivity contribution is 0.402. The Labute approximate surface area is 151 Å². The highest BCUT2D eigenvalue weighted by Gasteiger charge is 2.23. The van der Waals surface area contributed by atoms with Crippen molar-refractivity contribution in [3.8, 4) is 0 Å². The molecule has 0 atom stereocenters. The van der Waals surface area contributed by atoms with E-state index in [-0.39, 0.29) is 17.7 Å². The van der Waals surface area contributed by atoms with Gasteiger partial charge in [-0.25, -0.2) is 4.98 Å². The minimum absolute atomic E-state index is 0. The number of H-pyrrole nitrogens is 1. The van der Waals surface area contributed by atoms with E-state index in [0.717, 1.165) is 49.6 Å². The predicted molar refractivity (Wildman–Crippen MR) is 99.0 cm³/mol. The van der Waals surface area contributed by atoms with Crippen LogP contribution in [0.5, 0.6) is 0 Å². The molecular weight excluding hydrogens is 345 g/mol. The molecule has 0 bridgehead atoms. The lowest BCUT2D eigenvalue weighted by Crippen LogP contribution is -2.35. The number of fused-ring (bicyclic) bond motifs is 1. The van der Waals surface area contributed by atoms with E-state index in [1.54, 1.807) is 6.33 Å². The molecule has 1 aliphatic rings. The third-order valence-electron chi connectivity index (χ3n) is 4.52. The molecule has 2 aromatic heterocycles. The van der Waals surface area contributed by atoms with Gasteiger partial charge in [0.15, 0.2) is 11.5 Å². The molecule has 7 heteroatoms. The van der Waals surface area contributed by atoms with Crippen LogP contribution in [0.15, 0.2) is 36.7 Å². The zero-order chi connectivity index (χ0) is 15.6. The van der Waals surface area contributed by atoms with E-state index in [1.165, 1.54) is 5.56 Å². The molecule has 5 nitrogen and oxygen atoms in total. The summed E-state index contributed by atoms with van der Waals surface area (Å²) in [6.07, 6.45) is 5.11. The van der Waals surface area contributed by atoms with Crippen LogP contribution in [0.3, 0.4) is 0 Å². The smallest absolute Gasteiger partial charge is 0.226 e. The summed E-state index contributed by atoms with van der Waals surface area (Å²) in [4.78, 5) is 18.2. The Bertz CT molecular complexity index is 797. The molecule has 126 valence electrons. The predicted octanol–water partition coefficient (Wildman–Crippen LogP) is 3.89. The van der Waals surface area contributed by atoms with Crippen LogP contribution < -0.4 is 4.90 Å². The molecule has 1 N–H and O–H groups in total. The van der Waals surface area contributed by atoms with E-state index in [4.69, 9.17) is 11.6 Å². The van der Waals surface area contributed by atoms with Crippen LogP contribution in [0, 0.1) is 5.92 Å². The van der Waals surface area contributed by atoms with E-state index >= 15 is 0 Å². The molecule has 3 heterocycles. The number of hydrogen-bond donors (Lipinski definition) is 1. The van der Waals surface area contributed by atoms with Gasteiger partial charge in [0.05, 0.1) is 6.33 Å². The van der Waals surface area contributed by atoms with Crippen molar-refractivity contribution in [3.05, 3.63) is 47.5 Å². The fourth-order valence-electron chi connectivity index (χ4n) is 3.32. The minimum atomic E-state index is 0. The number of nitrogens with one attached hydrogen (secondary N) is 1. The van der Waals surface area contributed by atoms with Gasteiger partial charge in [-0.2, -0.15) is 9.97 Å². The third kappa shape index (κ3) is 3.47. The molecule has 0 aliphatic carbocycles. The lowest BCUT2D eigenvalue weighted by Gasteiger charge is -2.33. The summed E-state index contributed by atoms with van der Waals surface area (Å²) in [5, 5.41) is 0.256. The van der Waals surface area contributed by atoms with Crippen LogP contribution in [-0.2, 0) is 6.42 Å². The molecule has 4 rings (SSSR count). The Morgan fingerprint density at radius 2 is 1.88 bits per heavy atom. The van der Waals surface area contributed by atoms with Crippen molar-refractivity contribution in [3.63, 3.8) is 0 Å². The first kappa shape index (κ1) is 17.0. The highest BCUT2D eigenvalue weighted by molar-refractivity contribution is 6.28. The number of benzene rings is 1. The average Bonchev–Trinajstić information content (AvgIpc) is 3.04. The molecule has 1 aliphatic heterocycles. The number of halogens is 2. The van der Waals surface area contributed by atoms with Crippen molar-refractivity contribution in [2.75, 3.05) is 18.0 Å². The first-order valence-electron chi connectivity index (χ1n) is 7.95.